The molecule has 24 heavy (non-hydrogen) atoms. The van der Waals surface area contributed by atoms with Crippen LogP contribution in [-0.2, 0) is 6.42 Å². The summed E-state index contributed by atoms with van der Waals surface area (Å²) in [4.78, 5) is 18.9. The number of anilines is 1. The molecule has 122 valence electrons. The Kier molecular flexibility index (Phi) is 4.07. The van der Waals surface area contributed by atoms with Crippen molar-refractivity contribution in [3.05, 3.63) is 71.2 Å². The van der Waals surface area contributed by atoms with Crippen LogP contribution >= 0.6 is 0 Å². The number of nitrogens with two attached hydrogens (primary N) is 1. The Morgan fingerprint density at radius 2 is 1.71 bits per heavy atom. The number of aromatic amines is 1. The highest BCUT2D eigenvalue weighted by Crippen LogP contribution is 2.20. The van der Waals surface area contributed by atoms with Crippen LogP contribution in [0.25, 0.3) is 11.3 Å². The number of halogens is 3. The lowest BCUT2D eigenvalue weighted by atomic mass is 10.0. The Bertz CT molecular complexity index is 881. The number of nitrogens with zero attached hydrogens (tertiary/aromatic N) is 1. The van der Waals surface area contributed by atoms with Gasteiger partial charge in [0.05, 0.1) is 11.9 Å². The summed E-state index contributed by atoms with van der Waals surface area (Å²) in [6.07, 6.45) is 1.52. The maximum absolute atomic E-state index is 13.2. The van der Waals surface area contributed by atoms with E-state index in [0.29, 0.717) is 23.6 Å². The van der Waals surface area contributed by atoms with Crippen LogP contribution in [0.4, 0.5) is 19.1 Å². The van der Waals surface area contributed by atoms with Crippen LogP contribution in [-0.4, -0.2) is 15.8 Å². The number of nitrogens with one attached hydrogen (secondary N) is 1. The van der Waals surface area contributed by atoms with Crippen molar-refractivity contribution in [3.8, 4) is 11.3 Å². The number of hydrogen-bond acceptors (Lipinski definition) is 3. The molecule has 0 aliphatic rings. The van der Waals surface area contributed by atoms with Crippen molar-refractivity contribution in [2.45, 2.75) is 6.42 Å². The van der Waals surface area contributed by atoms with E-state index >= 15 is 0 Å². The van der Waals surface area contributed by atoms with Gasteiger partial charge in [0.1, 0.15) is 0 Å². The number of aromatic nitrogens is 2. The van der Waals surface area contributed by atoms with E-state index in [2.05, 4.69) is 9.97 Å². The summed E-state index contributed by atoms with van der Waals surface area (Å²) < 4.78 is 39.3. The third kappa shape index (κ3) is 3.15. The van der Waals surface area contributed by atoms with Gasteiger partial charge in [-0.25, -0.2) is 18.2 Å². The van der Waals surface area contributed by atoms with E-state index in [0.717, 1.165) is 11.3 Å². The van der Waals surface area contributed by atoms with Gasteiger partial charge in [-0.3, -0.25) is 4.79 Å². The number of Topliss-reactive ketones (excluding diaryl/α,β-unsaturated/α-hetero) is 1. The van der Waals surface area contributed by atoms with Crippen LogP contribution in [0.1, 0.15) is 15.9 Å². The number of carbonyl (C=O) groups is 1. The molecule has 0 atom stereocenters. The first-order valence-corrected chi connectivity index (χ1v) is 7.01. The smallest absolute Gasteiger partial charge is 0.197 e. The number of H-pyrrole nitrogens is 1. The molecule has 0 saturated carbocycles. The molecule has 1 heterocycles. The summed E-state index contributed by atoms with van der Waals surface area (Å²) in [6.45, 7) is 0. The summed E-state index contributed by atoms with van der Waals surface area (Å²) in [7, 11) is 0. The second-order valence-electron chi connectivity index (χ2n) is 5.23. The lowest BCUT2D eigenvalue weighted by Crippen LogP contribution is -2.06. The zero-order chi connectivity index (χ0) is 17.3. The molecule has 2 aromatic carbocycles. The zero-order valence-corrected chi connectivity index (χ0v) is 12.3. The van der Waals surface area contributed by atoms with Crippen LogP contribution < -0.4 is 5.73 Å². The molecule has 0 spiro atoms. The minimum absolute atomic E-state index is 0.0596. The number of nitrogen functional groups attached to an aromatic ring is 1. The van der Waals surface area contributed by atoms with Crippen molar-refractivity contribution in [3.63, 3.8) is 0 Å². The molecule has 7 heteroatoms. The molecule has 3 rings (SSSR count). The number of benzene rings is 2. The average Bonchev–Trinajstić information content (AvgIpc) is 2.99. The molecular weight excluding hydrogens is 319 g/mol. The van der Waals surface area contributed by atoms with Gasteiger partial charge in [0.2, 0.25) is 0 Å². The minimum Gasteiger partial charge on any atom is -0.369 e. The molecule has 4 nitrogen and oxygen atoms in total. The van der Waals surface area contributed by atoms with Crippen molar-refractivity contribution < 1.29 is 18.0 Å². The van der Waals surface area contributed by atoms with Crippen LogP contribution in [0, 0.1) is 17.5 Å². The van der Waals surface area contributed by atoms with Crippen molar-refractivity contribution in [1.82, 2.24) is 9.97 Å². The molecule has 3 aromatic rings. The van der Waals surface area contributed by atoms with E-state index in [1.807, 2.05) is 0 Å². The van der Waals surface area contributed by atoms with Gasteiger partial charge in [0.25, 0.3) is 0 Å². The fraction of sp³-hybridized carbons (Fsp3) is 0.0588. The number of ketones is 1. The highest BCUT2D eigenvalue weighted by molar-refractivity contribution is 5.97. The second-order valence-corrected chi connectivity index (χ2v) is 5.23. The summed E-state index contributed by atoms with van der Waals surface area (Å²) in [6, 6.07) is 8.34. The van der Waals surface area contributed by atoms with Gasteiger partial charge < -0.3 is 10.7 Å². The maximum Gasteiger partial charge on any atom is 0.197 e. The molecule has 0 aliphatic carbocycles. The van der Waals surface area contributed by atoms with Gasteiger partial charge >= 0.3 is 0 Å². The normalized spacial score (nSPS) is 10.8. The summed E-state index contributed by atoms with van der Waals surface area (Å²) >= 11 is 0. The lowest BCUT2D eigenvalue weighted by molar-refractivity contribution is 0.0992. The fourth-order valence-electron chi connectivity index (χ4n) is 2.29. The van der Waals surface area contributed by atoms with Gasteiger partial charge in [0, 0.05) is 12.0 Å². The number of carbonyl (C=O) groups excluding carboxylic acids is 1. The Morgan fingerprint density at radius 1 is 1.08 bits per heavy atom. The van der Waals surface area contributed by atoms with Crippen LogP contribution in [0.3, 0.4) is 0 Å². The van der Waals surface area contributed by atoms with E-state index in [1.54, 1.807) is 30.5 Å². The third-order valence-corrected chi connectivity index (χ3v) is 3.53. The van der Waals surface area contributed by atoms with Crippen LogP contribution in [0.2, 0.25) is 0 Å². The number of hydrogen-bond donors (Lipinski definition) is 2. The lowest BCUT2D eigenvalue weighted by Gasteiger charge is -2.05. The third-order valence-electron chi connectivity index (χ3n) is 3.53. The topological polar surface area (TPSA) is 71.8 Å². The molecule has 1 aromatic heterocycles. The second kappa shape index (κ2) is 6.19. The average molecular weight is 331 g/mol. The van der Waals surface area contributed by atoms with Crippen LogP contribution in [0.5, 0.6) is 0 Å². The predicted molar refractivity (Wildman–Crippen MR) is 82.8 cm³/mol. The van der Waals surface area contributed by atoms with E-state index in [4.69, 9.17) is 5.73 Å². The van der Waals surface area contributed by atoms with Gasteiger partial charge in [-0.15, -0.1) is 0 Å². The van der Waals surface area contributed by atoms with E-state index < -0.39 is 23.2 Å². The largest absolute Gasteiger partial charge is 0.369 e. The Balaban J connectivity index is 1.77. The van der Waals surface area contributed by atoms with Gasteiger partial charge in [-0.2, -0.15) is 0 Å². The quantitative estimate of drug-likeness (QED) is 0.568. The molecule has 0 saturated heterocycles. The SMILES string of the molecule is Nc1ncc(-c2ccc(CC(=O)c3cc(F)c(F)c(F)c3)cc2)[nH]1. The Morgan fingerprint density at radius 3 is 2.25 bits per heavy atom. The van der Waals surface area contributed by atoms with Crippen LogP contribution in [0.15, 0.2) is 42.6 Å². The van der Waals surface area contributed by atoms with Crippen molar-refractivity contribution >= 4 is 11.7 Å². The van der Waals surface area contributed by atoms with Gasteiger partial charge in [0.15, 0.2) is 29.2 Å². The molecule has 0 aliphatic heterocycles. The predicted octanol–water partition coefficient (Wildman–Crippen LogP) is 3.50. The Hall–Kier alpha value is -3.09. The summed E-state index contributed by atoms with van der Waals surface area (Å²) in [5.41, 5.74) is 7.51. The highest BCUT2D eigenvalue weighted by atomic mass is 19.2. The summed E-state index contributed by atoms with van der Waals surface area (Å²) in [5, 5.41) is 0. The molecule has 0 unspecified atom stereocenters. The van der Waals surface area contributed by atoms with Crippen molar-refractivity contribution in [1.29, 1.82) is 0 Å². The molecule has 0 bridgehead atoms. The molecule has 0 fully saturated rings. The summed E-state index contributed by atoms with van der Waals surface area (Å²) in [5.74, 6) is -4.57. The first kappa shape index (κ1) is 15.8. The standard InChI is InChI=1S/C17H12F3N3O/c18-12-6-11(7-13(19)16(12)20)15(24)5-9-1-3-10(4-2-9)14-8-22-17(21)23-14/h1-4,6-8H,5H2,(H3,21,22,23). The maximum atomic E-state index is 13.2. The first-order chi connectivity index (χ1) is 11.4. The van der Waals surface area contributed by atoms with Gasteiger partial charge in [-0.05, 0) is 23.3 Å². The number of rotatable bonds is 4. The molecular formula is C17H12F3N3O. The van der Waals surface area contributed by atoms with Crippen molar-refractivity contribution in [2.24, 2.45) is 0 Å². The van der Waals surface area contributed by atoms with E-state index in [1.165, 1.54) is 0 Å². The van der Waals surface area contributed by atoms with Crippen molar-refractivity contribution in [2.75, 3.05) is 5.73 Å². The Labute approximate surface area is 135 Å². The monoisotopic (exact) mass is 331 g/mol. The minimum atomic E-state index is -1.59. The van der Waals surface area contributed by atoms with E-state index in [9.17, 15) is 18.0 Å². The molecule has 0 amide bonds. The van der Waals surface area contributed by atoms with Gasteiger partial charge in [-0.1, -0.05) is 24.3 Å². The molecule has 3 N–H and O–H groups in total. The zero-order valence-electron chi connectivity index (χ0n) is 12.3. The highest BCUT2D eigenvalue weighted by Gasteiger charge is 2.15. The molecule has 0 radical (unpaired) electrons. The van der Waals surface area contributed by atoms with E-state index in [-0.39, 0.29) is 12.0 Å². The number of imidazole rings is 1. The fourth-order valence-corrected chi connectivity index (χ4v) is 2.29. The first-order valence-electron chi connectivity index (χ1n) is 7.01.